The van der Waals surface area contributed by atoms with Crippen molar-refractivity contribution < 1.29 is 4.79 Å². The van der Waals surface area contributed by atoms with Crippen LogP contribution in [0.2, 0.25) is 0 Å². The summed E-state index contributed by atoms with van der Waals surface area (Å²) in [5, 5.41) is 11.4. The maximum absolute atomic E-state index is 11.7. The molecule has 4 heteroatoms. The van der Waals surface area contributed by atoms with Gasteiger partial charge in [0.15, 0.2) is 0 Å². The third-order valence-electron chi connectivity index (χ3n) is 2.50. The van der Waals surface area contributed by atoms with Crippen LogP contribution in [0.25, 0.3) is 0 Å². The van der Waals surface area contributed by atoms with E-state index in [-0.39, 0.29) is 5.91 Å². The lowest BCUT2D eigenvalue weighted by molar-refractivity contribution is -0.120. The fraction of sp³-hybridized carbons (Fsp3) is 0.333. The highest BCUT2D eigenvalue weighted by Gasteiger charge is 2.25. The van der Waals surface area contributed by atoms with Crippen LogP contribution in [0.1, 0.15) is 25.8 Å². The number of nitrogens with two attached hydrogens (primary N) is 1. The molecular formula is C12H15N3O. The van der Waals surface area contributed by atoms with Gasteiger partial charge < -0.3 is 11.1 Å². The first kappa shape index (κ1) is 12.2. The Bertz CT molecular complexity index is 432. The molecule has 0 aliphatic heterocycles. The van der Waals surface area contributed by atoms with Gasteiger partial charge in [0, 0.05) is 5.69 Å². The molecule has 1 atom stereocenters. The van der Waals surface area contributed by atoms with Crippen LogP contribution in [0.4, 0.5) is 5.69 Å². The maximum Gasteiger partial charge on any atom is 0.244 e. The normalized spacial score (nSPS) is 13.6. The van der Waals surface area contributed by atoms with Crippen molar-refractivity contribution in [3.8, 4) is 6.07 Å². The fourth-order valence-corrected chi connectivity index (χ4v) is 1.10. The molecular weight excluding hydrogens is 202 g/mol. The molecule has 84 valence electrons. The second-order valence-corrected chi connectivity index (χ2v) is 3.92. The van der Waals surface area contributed by atoms with Gasteiger partial charge in [-0.3, -0.25) is 4.79 Å². The van der Waals surface area contributed by atoms with Crippen molar-refractivity contribution in [2.45, 2.75) is 25.8 Å². The molecule has 1 aromatic rings. The number of benzene rings is 1. The van der Waals surface area contributed by atoms with Gasteiger partial charge in [0.05, 0.1) is 17.2 Å². The number of amides is 1. The monoisotopic (exact) mass is 217 g/mol. The molecule has 1 aromatic carbocycles. The van der Waals surface area contributed by atoms with Crippen LogP contribution < -0.4 is 11.1 Å². The number of carbonyl (C=O) groups is 1. The molecule has 4 nitrogen and oxygen atoms in total. The Labute approximate surface area is 95.1 Å². The zero-order valence-electron chi connectivity index (χ0n) is 9.45. The van der Waals surface area contributed by atoms with Gasteiger partial charge in [-0.05, 0) is 31.5 Å². The quantitative estimate of drug-likeness (QED) is 0.807. The SMILES string of the molecule is CCC(C)(N)C(=O)Nc1cccc(C#N)c1. The molecule has 0 aromatic heterocycles. The van der Waals surface area contributed by atoms with Crippen LogP contribution in [-0.4, -0.2) is 11.4 Å². The van der Waals surface area contributed by atoms with E-state index in [4.69, 9.17) is 11.0 Å². The minimum atomic E-state index is -0.886. The van der Waals surface area contributed by atoms with Gasteiger partial charge in [-0.1, -0.05) is 13.0 Å². The van der Waals surface area contributed by atoms with E-state index in [0.29, 0.717) is 17.7 Å². The third-order valence-corrected chi connectivity index (χ3v) is 2.50. The number of nitrogens with one attached hydrogen (secondary N) is 1. The minimum Gasteiger partial charge on any atom is -0.324 e. The molecule has 0 heterocycles. The molecule has 0 aliphatic rings. The zero-order chi connectivity index (χ0) is 12.2. The number of carbonyl (C=O) groups excluding carboxylic acids is 1. The predicted molar refractivity (Wildman–Crippen MR) is 62.7 cm³/mol. The van der Waals surface area contributed by atoms with Gasteiger partial charge in [-0.15, -0.1) is 0 Å². The van der Waals surface area contributed by atoms with Gasteiger partial charge in [0.2, 0.25) is 5.91 Å². The van der Waals surface area contributed by atoms with Gasteiger partial charge in [-0.2, -0.15) is 5.26 Å². The molecule has 16 heavy (non-hydrogen) atoms. The van der Waals surface area contributed by atoms with Crippen LogP contribution in [0.3, 0.4) is 0 Å². The maximum atomic E-state index is 11.7. The van der Waals surface area contributed by atoms with Crippen LogP contribution >= 0.6 is 0 Å². The van der Waals surface area contributed by atoms with Crippen molar-refractivity contribution in [2.75, 3.05) is 5.32 Å². The minimum absolute atomic E-state index is 0.245. The average molecular weight is 217 g/mol. The van der Waals surface area contributed by atoms with Gasteiger partial charge in [0.25, 0.3) is 0 Å². The molecule has 0 radical (unpaired) electrons. The summed E-state index contributed by atoms with van der Waals surface area (Å²) >= 11 is 0. The lowest BCUT2D eigenvalue weighted by Gasteiger charge is -2.21. The van der Waals surface area contributed by atoms with E-state index in [0.717, 1.165) is 0 Å². The number of hydrogen-bond acceptors (Lipinski definition) is 3. The number of nitriles is 1. The molecule has 0 saturated carbocycles. The van der Waals surface area contributed by atoms with E-state index in [9.17, 15) is 4.79 Å². The molecule has 0 saturated heterocycles. The van der Waals surface area contributed by atoms with Crippen LogP contribution in [-0.2, 0) is 4.79 Å². The second-order valence-electron chi connectivity index (χ2n) is 3.92. The lowest BCUT2D eigenvalue weighted by atomic mass is 9.99. The average Bonchev–Trinajstić information content (AvgIpc) is 2.29. The number of rotatable bonds is 3. The number of anilines is 1. The Morgan fingerprint density at radius 3 is 2.88 bits per heavy atom. The Balaban J connectivity index is 2.82. The highest BCUT2D eigenvalue weighted by atomic mass is 16.2. The summed E-state index contributed by atoms with van der Waals surface area (Å²) in [6.45, 7) is 3.53. The summed E-state index contributed by atoms with van der Waals surface area (Å²) in [4.78, 5) is 11.7. The first-order valence-electron chi connectivity index (χ1n) is 5.10. The summed E-state index contributed by atoms with van der Waals surface area (Å²) in [6.07, 6.45) is 0.552. The largest absolute Gasteiger partial charge is 0.324 e. The Morgan fingerprint density at radius 1 is 1.62 bits per heavy atom. The van der Waals surface area contributed by atoms with E-state index in [1.165, 1.54) is 0 Å². The predicted octanol–water partition coefficient (Wildman–Crippen LogP) is 1.62. The molecule has 3 N–H and O–H groups in total. The van der Waals surface area contributed by atoms with Crippen molar-refractivity contribution in [1.29, 1.82) is 5.26 Å². The number of hydrogen-bond donors (Lipinski definition) is 2. The van der Waals surface area contributed by atoms with Crippen molar-refractivity contribution in [3.05, 3.63) is 29.8 Å². The lowest BCUT2D eigenvalue weighted by Crippen LogP contribution is -2.47. The van der Waals surface area contributed by atoms with Gasteiger partial charge in [-0.25, -0.2) is 0 Å². The van der Waals surface area contributed by atoms with Crippen molar-refractivity contribution in [1.82, 2.24) is 0 Å². The van der Waals surface area contributed by atoms with Crippen LogP contribution in [0.5, 0.6) is 0 Å². The topological polar surface area (TPSA) is 78.9 Å². The summed E-state index contributed by atoms with van der Waals surface area (Å²) in [6, 6.07) is 8.75. The molecule has 0 fully saturated rings. The molecule has 1 rings (SSSR count). The van der Waals surface area contributed by atoms with Crippen LogP contribution in [0, 0.1) is 11.3 Å². The molecule has 1 amide bonds. The first-order chi connectivity index (χ1) is 7.49. The molecule has 0 bridgehead atoms. The third kappa shape index (κ3) is 2.81. The Kier molecular flexibility index (Phi) is 3.64. The summed E-state index contributed by atoms with van der Waals surface area (Å²) in [7, 11) is 0. The van der Waals surface area contributed by atoms with Crippen molar-refractivity contribution in [3.63, 3.8) is 0 Å². The van der Waals surface area contributed by atoms with E-state index in [1.807, 2.05) is 13.0 Å². The standard InChI is InChI=1S/C12H15N3O/c1-3-12(2,14)11(16)15-10-6-4-5-9(7-10)8-13/h4-7H,3,14H2,1-2H3,(H,15,16). The molecule has 1 unspecified atom stereocenters. The summed E-state index contributed by atoms with van der Waals surface area (Å²) < 4.78 is 0. The Morgan fingerprint density at radius 2 is 2.31 bits per heavy atom. The number of nitrogens with zero attached hydrogens (tertiary/aromatic N) is 1. The smallest absolute Gasteiger partial charge is 0.244 e. The first-order valence-corrected chi connectivity index (χ1v) is 5.10. The van der Waals surface area contributed by atoms with Gasteiger partial charge >= 0.3 is 0 Å². The van der Waals surface area contributed by atoms with E-state index in [1.54, 1.807) is 31.2 Å². The van der Waals surface area contributed by atoms with E-state index < -0.39 is 5.54 Å². The van der Waals surface area contributed by atoms with Crippen molar-refractivity contribution >= 4 is 11.6 Å². The highest BCUT2D eigenvalue weighted by Crippen LogP contribution is 2.13. The van der Waals surface area contributed by atoms with E-state index in [2.05, 4.69) is 5.32 Å². The van der Waals surface area contributed by atoms with Crippen molar-refractivity contribution in [2.24, 2.45) is 5.73 Å². The van der Waals surface area contributed by atoms with E-state index >= 15 is 0 Å². The Hall–Kier alpha value is -1.86. The summed E-state index contributed by atoms with van der Waals surface area (Å²) in [5.41, 5.74) is 6.01. The van der Waals surface area contributed by atoms with Gasteiger partial charge in [0.1, 0.15) is 0 Å². The van der Waals surface area contributed by atoms with Crippen LogP contribution in [0.15, 0.2) is 24.3 Å². The highest BCUT2D eigenvalue weighted by molar-refractivity contribution is 5.97. The molecule has 0 spiro atoms. The zero-order valence-corrected chi connectivity index (χ0v) is 9.45. The second kappa shape index (κ2) is 4.77. The molecule has 0 aliphatic carbocycles. The summed E-state index contributed by atoms with van der Waals surface area (Å²) in [5.74, 6) is -0.245. The fourth-order valence-electron chi connectivity index (χ4n) is 1.10.